The van der Waals surface area contributed by atoms with Crippen LogP contribution in [0.3, 0.4) is 0 Å². The van der Waals surface area contributed by atoms with Crippen molar-refractivity contribution in [3.8, 4) is 0 Å². The lowest BCUT2D eigenvalue weighted by Crippen LogP contribution is -2.34. The molecule has 154 valence electrons. The van der Waals surface area contributed by atoms with E-state index in [9.17, 15) is 9.59 Å². The lowest BCUT2D eigenvalue weighted by Gasteiger charge is -2.14. The minimum absolute atomic E-state index is 0.147. The molecule has 0 radical (unpaired) electrons. The van der Waals surface area contributed by atoms with Gasteiger partial charge >= 0.3 is 6.09 Å². The molecule has 0 unspecified atom stereocenters. The van der Waals surface area contributed by atoms with Crippen molar-refractivity contribution in [3.63, 3.8) is 0 Å². The maximum Gasteiger partial charge on any atom is 0.414 e. The smallest absolute Gasteiger partial charge is 0.414 e. The Labute approximate surface area is 174 Å². The summed E-state index contributed by atoms with van der Waals surface area (Å²) < 4.78 is 7.28. The van der Waals surface area contributed by atoms with E-state index < -0.39 is 6.09 Å². The molecule has 3 rings (SSSR count). The quantitative estimate of drug-likeness (QED) is 0.347. The van der Waals surface area contributed by atoms with Crippen molar-refractivity contribution < 1.29 is 18.9 Å². The number of carbonyl (C=O) groups is 2. The van der Waals surface area contributed by atoms with Crippen LogP contribution in [0.5, 0.6) is 0 Å². The monoisotopic (exact) mass is 416 g/mol. The van der Waals surface area contributed by atoms with E-state index in [0.29, 0.717) is 11.4 Å². The van der Waals surface area contributed by atoms with Crippen LogP contribution in [0, 0.1) is 6.92 Å². The van der Waals surface area contributed by atoms with Crippen LogP contribution in [-0.4, -0.2) is 62.2 Å². The largest absolute Gasteiger partial charge is 0.442 e. The first-order chi connectivity index (χ1) is 14.0. The molecule has 1 atom stereocenters. The first kappa shape index (κ1) is 20.7. The number of ether oxygens (including phenoxy) is 1. The van der Waals surface area contributed by atoms with E-state index in [4.69, 9.17) is 10.5 Å². The molecular formula is C20H26N5O3S+. The Morgan fingerprint density at radius 3 is 2.76 bits per heavy atom. The first-order valence-corrected chi connectivity index (χ1v) is 10.2. The maximum atomic E-state index is 12.2. The lowest BCUT2D eigenvalue weighted by molar-refractivity contribution is -0.489. The third kappa shape index (κ3) is 5.47. The molecule has 0 aliphatic carbocycles. The van der Waals surface area contributed by atoms with Crippen molar-refractivity contribution in [2.24, 2.45) is 5.73 Å². The summed E-state index contributed by atoms with van der Waals surface area (Å²) in [6.07, 6.45) is 0.745. The molecule has 4 N–H and O–H groups in total. The van der Waals surface area contributed by atoms with Crippen LogP contribution in [0.2, 0.25) is 0 Å². The number of nitrogens with two attached hydrogens (primary N) is 1. The Balaban J connectivity index is 1.50. The summed E-state index contributed by atoms with van der Waals surface area (Å²) in [6, 6.07) is 11.3. The molecule has 1 aliphatic heterocycles. The van der Waals surface area contributed by atoms with Crippen molar-refractivity contribution >= 4 is 41.1 Å². The lowest BCUT2D eigenvalue weighted by atomic mass is 10.2. The summed E-state index contributed by atoms with van der Waals surface area (Å²) in [5.41, 5.74) is 7.16. The highest BCUT2D eigenvalue weighted by atomic mass is 32.1. The molecule has 1 aromatic carbocycles. The number of hydrogen-bond donors (Lipinski definition) is 3. The Kier molecular flexibility index (Phi) is 6.71. The van der Waals surface area contributed by atoms with Crippen molar-refractivity contribution in [3.05, 3.63) is 46.2 Å². The number of rotatable bonds is 8. The Bertz CT molecular complexity index is 894. The van der Waals surface area contributed by atoms with Crippen LogP contribution in [0.15, 0.2) is 36.4 Å². The van der Waals surface area contributed by atoms with Gasteiger partial charge in [0.25, 0.3) is 5.91 Å². The van der Waals surface area contributed by atoms with Gasteiger partial charge < -0.3 is 15.4 Å². The summed E-state index contributed by atoms with van der Waals surface area (Å²) in [5, 5.41) is 6.13. The number of cyclic esters (lactones) is 1. The Morgan fingerprint density at radius 2 is 2.10 bits per heavy atom. The molecule has 2 aromatic rings. The van der Waals surface area contributed by atoms with Crippen molar-refractivity contribution in [2.75, 3.05) is 43.4 Å². The average molecular weight is 417 g/mol. The zero-order chi connectivity index (χ0) is 20.8. The van der Waals surface area contributed by atoms with Gasteiger partial charge in [-0.25, -0.2) is 4.79 Å². The number of benzene rings is 1. The van der Waals surface area contributed by atoms with Crippen LogP contribution in [0.1, 0.15) is 14.5 Å². The summed E-state index contributed by atoms with van der Waals surface area (Å²) in [6.45, 7) is 4.17. The number of thiophene rings is 1. The van der Waals surface area contributed by atoms with Crippen LogP contribution < -0.4 is 21.3 Å². The van der Waals surface area contributed by atoms with Crippen LogP contribution in [-0.2, 0) is 4.74 Å². The van der Waals surface area contributed by atoms with Gasteiger partial charge in [-0.2, -0.15) is 0 Å². The zero-order valence-corrected chi connectivity index (χ0v) is 17.4. The van der Waals surface area contributed by atoms with E-state index in [1.807, 2.05) is 48.9 Å². The third-order valence-electron chi connectivity index (χ3n) is 4.56. The molecular weight excluding hydrogens is 390 g/mol. The summed E-state index contributed by atoms with van der Waals surface area (Å²) in [4.78, 5) is 27.7. The van der Waals surface area contributed by atoms with E-state index >= 15 is 0 Å². The minimum atomic E-state index is -0.406. The van der Waals surface area contributed by atoms with E-state index in [-0.39, 0.29) is 18.6 Å². The summed E-state index contributed by atoms with van der Waals surface area (Å²) in [7, 11) is 1.91. The number of amides is 2. The SMILES string of the molecule is Cc1ccc(C(=O)NC[C@H]2CN(c3ccc(NCC[N+](C)=CN)cc3)C(=O)O2)s1. The van der Waals surface area contributed by atoms with Gasteiger partial charge in [-0.3, -0.25) is 20.0 Å². The van der Waals surface area contributed by atoms with Gasteiger partial charge in [-0.1, -0.05) is 0 Å². The highest BCUT2D eigenvalue weighted by Crippen LogP contribution is 2.23. The molecule has 1 aromatic heterocycles. The second kappa shape index (κ2) is 9.42. The van der Waals surface area contributed by atoms with Gasteiger partial charge in [0, 0.05) is 16.3 Å². The number of nitrogens with zero attached hydrogens (tertiary/aromatic N) is 2. The standard InChI is InChI=1S/C20H25N5O3S/c1-14-3-8-18(29-14)19(26)23-11-17-12-25(20(27)28-17)16-6-4-15(5-7-16)22-9-10-24(2)13-21/h3-8,13,17,21-22H,9-12H2,1-2H3,(H,23,26)/p+1/t17-/m0/s1. The van der Waals surface area contributed by atoms with Crippen molar-refractivity contribution in [1.29, 1.82) is 0 Å². The van der Waals surface area contributed by atoms with Crippen LogP contribution in [0.4, 0.5) is 16.2 Å². The fraction of sp³-hybridized carbons (Fsp3) is 0.350. The molecule has 2 amide bonds. The van der Waals surface area contributed by atoms with Crippen molar-refractivity contribution in [2.45, 2.75) is 13.0 Å². The van der Waals surface area contributed by atoms with Gasteiger partial charge in [0.15, 0.2) is 0 Å². The van der Waals surface area contributed by atoms with Gasteiger partial charge in [0.1, 0.15) is 12.6 Å². The second-order valence-corrected chi connectivity index (χ2v) is 8.13. The van der Waals surface area contributed by atoms with Gasteiger partial charge in [0.2, 0.25) is 6.34 Å². The molecule has 29 heavy (non-hydrogen) atoms. The van der Waals surface area contributed by atoms with Crippen LogP contribution >= 0.6 is 11.3 Å². The van der Waals surface area contributed by atoms with Crippen LogP contribution in [0.25, 0.3) is 0 Å². The Morgan fingerprint density at radius 1 is 1.34 bits per heavy atom. The summed E-state index contributed by atoms with van der Waals surface area (Å²) >= 11 is 1.44. The fourth-order valence-electron chi connectivity index (χ4n) is 2.90. The molecule has 1 saturated heterocycles. The zero-order valence-electron chi connectivity index (χ0n) is 16.6. The topological polar surface area (TPSA) is 99.7 Å². The van der Waals surface area contributed by atoms with Gasteiger partial charge in [0.05, 0.1) is 31.6 Å². The van der Waals surface area contributed by atoms with Crippen molar-refractivity contribution in [1.82, 2.24) is 5.32 Å². The molecule has 0 bridgehead atoms. The molecule has 0 saturated carbocycles. The minimum Gasteiger partial charge on any atom is -0.442 e. The molecule has 8 nitrogen and oxygen atoms in total. The normalized spacial score (nSPS) is 16.6. The predicted octanol–water partition coefficient (Wildman–Crippen LogP) is 1.85. The van der Waals surface area contributed by atoms with E-state index in [1.54, 1.807) is 11.0 Å². The number of likely N-dealkylation sites (N-methyl/N-ethyl adjacent to an activating group) is 1. The number of hydrogen-bond acceptors (Lipinski definition) is 5. The first-order valence-electron chi connectivity index (χ1n) is 9.38. The molecule has 2 heterocycles. The predicted molar refractivity (Wildman–Crippen MR) is 115 cm³/mol. The fourth-order valence-corrected chi connectivity index (χ4v) is 3.68. The molecule has 0 spiro atoms. The molecule has 1 aliphatic rings. The number of nitrogens with one attached hydrogen (secondary N) is 2. The Hall–Kier alpha value is -3.07. The number of aryl methyl sites for hydroxylation is 1. The van der Waals surface area contributed by atoms with E-state index in [2.05, 4.69) is 10.6 Å². The number of carbonyl (C=O) groups excluding carboxylic acids is 2. The average Bonchev–Trinajstić information content (AvgIpc) is 3.32. The third-order valence-corrected chi connectivity index (χ3v) is 5.56. The molecule has 1 fully saturated rings. The highest BCUT2D eigenvalue weighted by Gasteiger charge is 2.32. The van der Waals surface area contributed by atoms with Gasteiger partial charge in [-0.05, 0) is 43.3 Å². The number of anilines is 2. The molecule has 9 heteroatoms. The second-order valence-electron chi connectivity index (χ2n) is 6.84. The highest BCUT2D eigenvalue weighted by molar-refractivity contribution is 7.13. The van der Waals surface area contributed by atoms with E-state index in [1.165, 1.54) is 17.7 Å². The van der Waals surface area contributed by atoms with E-state index in [0.717, 1.165) is 29.3 Å². The van der Waals surface area contributed by atoms with Gasteiger partial charge in [-0.15, -0.1) is 11.3 Å². The summed E-state index contributed by atoms with van der Waals surface area (Å²) in [5.74, 6) is -0.147. The maximum absolute atomic E-state index is 12.2.